The van der Waals surface area contributed by atoms with Crippen molar-refractivity contribution in [3.05, 3.63) is 53.1 Å². The van der Waals surface area contributed by atoms with Gasteiger partial charge in [0.2, 0.25) is 0 Å². The van der Waals surface area contributed by atoms with E-state index < -0.39 is 0 Å². The summed E-state index contributed by atoms with van der Waals surface area (Å²) in [6.07, 6.45) is 1.47. The number of aromatic hydroxyl groups is 1. The van der Waals surface area contributed by atoms with E-state index in [2.05, 4.69) is 30.7 Å². The van der Waals surface area contributed by atoms with E-state index in [1.807, 2.05) is 24.3 Å². The van der Waals surface area contributed by atoms with E-state index in [1.54, 1.807) is 6.07 Å². The molecule has 0 bridgehead atoms. The summed E-state index contributed by atoms with van der Waals surface area (Å²) in [5.74, 6) is 0.361. The summed E-state index contributed by atoms with van der Waals surface area (Å²) in [5.41, 5.74) is 5.55. The van der Waals surface area contributed by atoms with E-state index in [1.165, 1.54) is 18.3 Å². The first-order chi connectivity index (χ1) is 11.7. The van der Waals surface area contributed by atoms with Crippen LogP contribution in [-0.4, -0.2) is 31.5 Å². The molecule has 3 N–H and O–H groups in total. The van der Waals surface area contributed by atoms with Gasteiger partial charge in [-0.15, -0.1) is 10.2 Å². The number of aromatic amines is 1. The van der Waals surface area contributed by atoms with Gasteiger partial charge in [0.15, 0.2) is 5.65 Å². The molecule has 0 spiro atoms. The second-order valence-electron chi connectivity index (χ2n) is 5.08. The molecular weight excluding hydrogens is 328 g/mol. The lowest BCUT2D eigenvalue weighted by atomic mass is 10.2. The number of phenolic OH excluding ortho intramolecular Hbond substituents is 1. The van der Waals surface area contributed by atoms with Crippen molar-refractivity contribution in [2.24, 2.45) is 5.10 Å². The lowest BCUT2D eigenvalue weighted by Crippen LogP contribution is -1.99. The van der Waals surface area contributed by atoms with Crippen molar-refractivity contribution in [3.8, 4) is 5.75 Å². The molecule has 0 unspecified atom stereocenters. The Labute approximate surface area is 141 Å². The van der Waals surface area contributed by atoms with E-state index in [0.717, 1.165) is 10.9 Å². The van der Waals surface area contributed by atoms with E-state index in [-0.39, 0.29) is 11.7 Å². The summed E-state index contributed by atoms with van der Waals surface area (Å²) in [6, 6.07) is 12.4. The third-order valence-electron chi connectivity index (χ3n) is 3.47. The lowest BCUT2D eigenvalue weighted by Gasteiger charge is -1.99. The number of hydrogen-bond donors (Lipinski definition) is 3. The molecule has 8 heteroatoms. The van der Waals surface area contributed by atoms with Crippen LogP contribution in [0, 0.1) is 0 Å². The highest BCUT2D eigenvalue weighted by Crippen LogP contribution is 2.22. The normalized spacial score (nSPS) is 11.5. The highest BCUT2D eigenvalue weighted by atomic mass is 35.5. The van der Waals surface area contributed by atoms with Gasteiger partial charge in [-0.2, -0.15) is 10.1 Å². The van der Waals surface area contributed by atoms with E-state index in [9.17, 15) is 5.11 Å². The predicted molar refractivity (Wildman–Crippen MR) is 93.5 cm³/mol. The number of H-pyrrole nitrogens is 1. The van der Waals surface area contributed by atoms with Gasteiger partial charge < -0.3 is 10.1 Å². The molecule has 118 valence electrons. The number of rotatable bonds is 3. The lowest BCUT2D eigenvalue weighted by molar-refractivity contribution is 0.475. The van der Waals surface area contributed by atoms with Gasteiger partial charge in [0.25, 0.3) is 5.95 Å². The van der Waals surface area contributed by atoms with Gasteiger partial charge in [-0.3, -0.25) is 0 Å². The number of nitrogens with zero attached hydrogens (tertiary/aromatic N) is 4. The minimum atomic E-state index is 0.110. The summed E-state index contributed by atoms with van der Waals surface area (Å²) in [7, 11) is 0. The quantitative estimate of drug-likeness (QED) is 0.393. The van der Waals surface area contributed by atoms with Gasteiger partial charge in [0.1, 0.15) is 11.3 Å². The van der Waals surface area contributed by atoms with Crippen molar-refractivity contribution in [1.82, 2.24) is 20.2 Å². The average molecular weight is 339 g/mol. The highest BCUT2D eigenvalue weighted by molar-refractivity contribution is 6.33. The number of fused-ring (bicyclic) bond motifs is 3. The van der Waals surface area contributed by atoms with Gasteiger partial charge in [0, 0.05) is 21.5 Å². The molecule has 2 aromatic heterocycles. The van der Waals surface area contributed by atoms with Crippen molar-refractivity contribution in [3.63, 3.8) is 0 Å². The topological polar surface area (TPSA) is 99.1 Å². The van der Waals surface area contributed by atoms with Gasteiger partial charge in [-0.05, 0) is 24.3 Å². The van der Waals surface area contributed by atoms with Crippen molar-refractivity contribution in [2.75, 3.05) is 5.43 Å². The number of anilines is 1. The van der Waals surface area contributed by atoms with Crippen LogP contribution in [0.2, 0.25) is 5.02 Å². The molecule has 0 aliphatic carbocycles. The van der Waals surface area contributed by atoms with Crippen LogP contribution in [0.5, 0.6) is 5.75 Å². The van der Waals surface area contributed by atoms with Crippen LogP contribution in [0.15, 0.2) is 47.6 Å². The molecule has 0 amide bonds. The summed E-state index contributed by atoms with van der Waals surface area (Å²) in [4.78, 5) is 7.53. The van der Waals surface area contributed by atoms with Crippen molar-refractivity contribution < 1.29 is 5.11 Å². The minimum Gasteiger partial charge on any atom is -0.508 e. The average Bonchev–Trinajstić information content (AvgIpc) is 2.96. The largest absolute Gasteiger partial charge is 0.508 e. The Balaban J connectivity index is 1.61. The maximum atomic E-state index is 9.46. The molecule has 0 fully saturated rings. The van der Waals surface area contributed by atoms with Gasteiger partial charge in [-0.25, -0.2) is 5.43 Å². The summed E-state index contributed by atoms with van der Waals surface area (Å²) >= 11 is 6.02. The summed E-state index contributed by atoms with van der Waals surface area (Å²) in [5, 5.41) is 23.1. The van der Waals surface area contributed by atoms with E-state index >= 15 is 0 Å². The van der Waals surface area contributed by atoms with Crippen molar-refractivity contribution in [2.45, 2.75) is 0 Å². The molecule has 24 heavy (non-hydrogen) atoms. The van der Waals surface area contributed by atoms with E-state index in [4.69, 9.17) is 11.6 Å². The third-order valence-corrected chi connectivity index (χ3v) is 3.81. The first-order valence-corrected chi connectivity index (χ1v) is 7.47. The maximum Gasteiger partial charge on any atom is 0.265 e. The summed E-state index contributed by atoms with van der Waals surface area (Å²) < 4.78 is 0. The first-order valence-electron chi connectivity index (χ1n) is 7.09. The highest BCUT2D eigenvalue weighted by Gasteiger charge is 2.08. The molecule has 7 nitrogen and oxygen atoms in total. The second kappa shape index (κ2) is 5.78. The van der Waals surface area contributed by atoms with Crippen LogP contribution in [0.25, 0.3) is 22.1 Å². The Bertz CT molecular complexity index is 1070. The number of nitrogens with one attached hydrogen (secondary N) is 2. The van der Waals surface area contributed by atoms with Crippen LogP contribution in [-0.2, 0) is 0 Å². The zero-order valence-electron chi connectivity index (χ0n) is 12.2. The van der Waals surface area contributed by atoms with Crippen molar-refractivity contribution >= 4 is 45.8 Å². The Kier molecular flexibility index (Phi) is 3.47. The minimum absolute atomic E-state index is 0.110. The predicted octanol–water partition coefficient (Wildman–Crippen LogP) is 3.31. The Morgan fingerprint density at radius 3 is 2.96 bits per heavy atom. The SMILES string of the molecule is Oc1ccc(Cl)c(/C=N/Nc2nnc3c(n2)[nH]c2ccccc23)c1. The van der Waals surface area contributed by atoms with Crippen LogP contribution in [0.3, 0.4) is 0 Å². The van der Waals surface area contributed by atoms with Gasteiger partial charge in [0.05, 0.1) is 6.21 Å². The van der Waals surface area contributed by atoms with Crippen LogP contribution >= 0.6 is 11.6 Å². The van der Waals surface area contributed by atoms with Crippen LogP contribution < -0.4 is 5.43 Å². The van der Waals surface area contributed by atoms with Crippen molar-refractivity contribution in [1.29, 1.82) is 0 Å². The van der Waals surface area contributed by atoms with E-state index in [0.29, 0.717) is 21.7 Å². The molecule has 0 aliphatic heterocycles. The molecule has 0 radical (unpaired) electrons. The standard InChI is InChI=1S/C16H11ClN6O/c17-12-6-5-10(24)7-9(12)8-18-22-16-20-15-14(21-23-16)11-3-1-2-4-13(11)19-15/h1-8,24H,(H2,19,20,22,23)/b18-8+. The molecule has 0 saturated carbocycles. The number of hydrogen-bond acceptors (Lipinski definition) is 6. The number of phenols is 1. The van der Waals surface area contributed by atoms with Crippen LogP contribution in [0.4, 0.5) is 5.95 Å². The molecule has 2 aromatic carbocycles. The molecule has 4 rings (SSSR count). The summed E-state index contributed by atoms with van der Waals surface area (Å²) in [6.45, 7) is 0. The fraction of sp³-hybridized carbons (Fsp3) is 0. The first kappa shape index (κ1) is 14.4. The second-order valence-corrected chi connectivity index (χ2v) is 5.49. The molecular formula is C16H11ClN6O. The molecule has 0 atom stereocenters. The monoisotopic (exact) mass is 338 g/mol. The number of aromatic nitrogens is 4. The smallest absolute Gasteiger partial charge is 0.265 e. The zero-order valence-corrected chi connectivity index (χ0v) is 13.0. The Hall–Kier alpha value is -3.19. The number of hydrazone groups is 1. The maximum absolute atomic E-state index is 9.46. The Morgan fingerprint density at radius 2 is 2.04 bits per heavy atom. The Morgan fingerprint density at radius 1 is 1.17 bits per heavy atom. The molecule has 4 aromatic rings. The fourth-order valence-corrected chi connectivity index (χ4v) is 2.52. The van der Waals surface area contributed by atoms with Gasteiger partial charge >= 0.3 is 0 Å². The number of halogens is 1. The third kappa shape index (κ3) is 2.61. The van der Waals surface area contributed by atoms with Gasteiger partial charge in [-0.1, -0.05) is 29.8 Å². The molecule has 0 saturated heterocycles. The fourth-order valence-electron chi connectivity index (χ4n) is 2.36. The molecule has 0 aliphatic rings. The number of para-hydroxylation sites is 1. The zero-order chi connectivity index (χ0) is 16.5. The number of benzene rings is 2. The molecule has 2 heterocycles. The van der Waals surface area contributed by atoms with Crippen LogP contribution in [0.1, 0.15) is 5.56 Å².